The highest BCUT2D eigenvalue weighted by Gasteiger charge is 2.26. The van der Waals surface area contributed by atoms with Gasteiger partial charge in [0, 0.05) is 25.0 Å². The Hall–Kier alpha value is -2.25. The van der Waals surface area contributed by atoms with Gasteiger partial charge >= 0.3 is 0 Å². The van der Waals surface area contributed by atoms with E-state index in [4.69, 9.17) is 0 Å². The van der Waals surface area contributed by atoms with E-state index < -0.39 is 16.1 Å². The molecule has 0 radical (unpaired) electrons. The van der Waals surface area contributed by atoms with E-state index in [1.54, 1.807) is 25.4 Å². The molecule has 1 atom stereocenters. The van der Waals surface area contributed by atoms with Crippen molar-refractivity contribution in [2.24, 2.45) is 0 Å². The molecule has 0 saturated carbocycles. The molecule has 0 saturated heterocycles. The molecule has 1 amide bonds. The molecule has 0 aliphatic heterocycles. The molecule has 24 heavy (non-hydrogen) atoms. The summed E-state index contributed by atoms with van der Waals surface area (Å²) in [6.07, 6.45) is 4.42. The predicted molar refractivity (Wildman–Crippen MR) is 92.5 cm³/mol. The molecule has 2 aromatic rings. The third kappa shape index (κ3) is 5.14. The first kappa shape index (κ1) is 18.1. The summed E-state index contributed by atoms with van der Waals surface area (Å²) in [6.45, 7) is 1.85. The van der Waals surface area contributed by atoms with Crippen LogP contribution in [0.4, 0.5) is 0 Å². The van der Waals surface area contributed by atoms with Gasteiger partial charge in [-0.15, -0.1) is 0 Å². The van der Waals surface area contributed by atoms with Crippen LogP contribution in [0.3, 0.4) is 0 Å². The van der Waals surface area contributed by atoms with Crippen LogP contribution in [-0.4, -0.2) is 36.4 Å². The molecule has 128 valence electrons. The fraction of sp³-hybridized carbons (Fsp3) is 0.294. The molecule has 7 heteroatoms. The van der Waals surface area contributed by atoms with E-state index in [9.17, 15) is 13.2 Å². The zero-order chi connectivity index (χ0) is 17.6. The maximum atomic E-state index is 12.2. The monoisotopic (exact) mass is 347 g/mol. The van der Waals surface area contributed by atoms with Crippen molar-refractivity contribution in [3.8, 4) is 0 Å². The summed E-state index contributed by atoms with van der Waals surface area (Å²) in [4.78, 5) is 16.1. The van der Waals surface area contributed by atoms with Crippen LogP contribution < -0.4 is 5.32 Å². The zero-order valence-corrected chi connectivity index (χ0v) is 14.5. The van der Waals surface area contributed by atoms with Gasteiger partial charge in [0.05, 0.1) is 12.8 Å². The number of rotatable bonds is 7. The first-order valence-electron chi connectivity index (χ1n) is 7.55. The van der Waals surface area contributed by atoms with Gasteiger partial charge in [-0.1, -0.05) is 36.4 Å². The van der Waals surface area contributed by atoms with Gasteiger partial charge in [0.25, 0.3) is 0 Å². The molecular weight excluding hydrogens is 326 g/mol. The quantitative estimate of drug-likeness (QED) is 0.827. The molecule has 6 nitrogen and oxygen atoms in total. The number of benzene rings is 1. The zero-order valence-electron chi connectivity index (χ0n) is 13.7. The fourth-order valence-corrected chi connectivity index (χ4v) is 3.39. The molecule has 1 N–H and O–H groups in total. The molecule has 0 bridgehead atoms. The van der Waals surface area contributed by atoms with Gasteiger partial charge in [-0.3, -0.25) is 9.78 Å². The minimum Gasteiger partial charge on any atom is -0.351 e. The molecule has 1 aromatic heterocycles. The van der Waals surface area contributed by atoms with Crippen molar-refractivity contribution in [1.82, 2.24) is 14.6 Å². The van der Waals surface area contributed by atoms with E-state index in [2.05, 4.69) is 10.3 Å². The van der Waals surface area contributed by atoms with Crippen molar-refractivity contribution in [2.45, 2.75) is 19.5 Å². The summed E-state index contributed by atoms with van der Waals surface area (Å²) in [5.41, 5.74) is 1.69. The van der Waals surface area contributed by atoms with E-state index in [1.807, 2.05) is 36.4 Å². The van der Waals surface area contributed by atoms with Crippen molar-refractivity contribution in [3.63, 3.8) is 0 Å². The lowest BCUT2D eigenvalue weighted by Crippen LogP contribution is -2.41. The average Bonchev–Trinajstić information content (AvgIpc) is 2.58. The number of hydrogen-bond donors (Lipinski definition) is 1. The van der Waals surface area contributed by atoms with Crippen LogP contribution in [0.1, 0.15) is 24.1 Å². The minimum atomic E-state index is -3.53. The van der Waals surface area contributed by atoms with Crippen LogP contribution in [0.15, 0.2) is 54.9 Å². The Morgan fingerprint density at radius 1 is 1.21 bits per heavy atom. The lowest BCUT2D eigenvalue weighted by atomic mass is 10.1. The molecule has 0 fully saturated rings. The Morgan fingerprint density at radius 3 is 2.50 bits per heavy atom. The highest BCUT2D eigenvalue weighted by Crippen LogP contribution is 2.22. The Kier molecular flexibility index (Phi) is 6.05. The maximum Gasteiger partial charge on any atom is 0.235 e. The Morgan fingerprint density at radius 2 is 1.92 bits per heavy atom. The molecule has 0 aliphatic rings. The summed E-state index contributed by atoms with van der Waals surface area (Å²) in [7, 11) is -3.53. The smallest absolute Gasteiger partial charge is 0.235 e. The first-order valence-corrected chi connectivity index (χ1v) is 9.40. The van der Waals surface area contributed by atoms with Crippen LogP contribution in [-0.2, 0) is 21.4 Å². The van der Waals surface area contributed by atoms with E-state index in [0.29, 0.717) is 6.54 Å². The Balaban J connectivity index is 2.05. The summed E-state index contributed by atoms with van der Waals surface area (Å²) in [5, 5.41) is 2.72. The largest absolute Gasteiger partial charge is 0.351 e. The maximum absolute atomic E-state index is 12.2. The van der Waals surface area contributed by atoms with Crippen molar-refractivity contribution in [1.29, 1.82) is 0 Å². The number of nitrogens with zero attached hydrogens (tertiary/aromatic N) is 2. The standard InChI is InChI=1S/C17H21N3O3S/c1-14(16-8-4-3-5-9-16)20(24(2,22)23)13-17(21)19-12-15-7-6-10-18-11-15/h3-11,14H,12-13H2,1-2H3,(H,19,21). The molecule has 0 spiro atoms. The van der Waals surface area contributed by atoms with Gasteiger partial charge < -0.3 is 5.32 Å². The SMILES string of the molecule is CC(c1ccccc1)N(CC(=O)NCc1cccnc1)S(C)(=O)=O. The number of aromatic nitrogens is 1. The molecule has 1 aromatic carbocycles. The van der Waals surface area contributed by atoms with Crippen molar-refractivity contribution in [2.75, 3.05) is 12.8 Å². The van der Waals surface area contributed by atoms with Crippen molar-refractivity contribution >= 4 is 15.9 Å². The third-order valence-electron chi connectivity index (χ3n) is 3.65. The second kappa shape index (κ2) is 8.03. The van der Waals surface area contributed by atoms with Crippen molar-refractivity contribution in [3.05, 3.63) is 66.0 Å². The van der Waals surface area contributed by atoms with E-state index in [-0.39, 0.29) is 12.5 Å². The highest BCUT2D eigenvalue weighted by atomic mass is 32.2. The number of nitrogens with one attached hydrogen (secondary N) is 1. The number of hydrogen-bond acceptors (Lipinski definition) is 4. The van der Waals surface area contributed by atoms with Crippen LogP contribution >= 0.6 is 0 Å². The Bertz CT molecular complexity index is 764. The lowest BCUT2D eigenvalue weighted by molar-refractivity contribution is -0.121. The number of carbonyl (C=O) groups is 1. The van der Waals surface area contributed by atoms with Gasteiger partial charge in [-0.25, -0.2) is 8.42 Å². The van der Waals surface area contributed by atoms with Crippen LogP contribution in [0, 0.1) is 0 Å². The second-order valence-electron chi connectivity index (χ2n) is 5.53. The van der Waals surface area contributed by atoms with Crippen LogP contribution in [0.5, 0.6) is 0 Å². The summed E-state index contributed by atoms with van der Waals surface area (Å²) < 4.78 is 25.4. The summed E-state index contributed by atoms with van der Waals surface area (Å²) in [5.74, 6) is -0.355. The van der Waals surface area contributed by atoms with Gasteiger partial charge in [0.2, 0.25) is 15.9 Å². The number of amides is 1. The number of pyridine rings is 1. The predicted octanol–water partition coefficient (Wildman–Crippen LogP) is 1.72. The number of sulfonamides is 1. The molecule has 1 unspecified atom stereocenters. The van der Waals surface area contributed by atoms with Gasteiger partial charge in [-0.05, 0) is 24.1 Å². The third-order valence-corrected chi connectivity index (χ3v) is 4.95. The molecular formula is C17H21N3O3S. The van der Waals surface area contributed by atoms with E-state index >= 15 is 0 Å². The average molecular weight is 347 g/mol. The van der Waals surface area contributed by atoms with Gasteiger partial charge in [-0.2, -0.15) is 4.31 Å². The summed E-state index contributed by atoms with van der Waals surface area (Å²) in [6, 6.07) is 12.4. The second-order valence-corrected chi connectivity index (χ2v) is 7.47. The molecule has 2 rings (SSSR count). The highest BCUT2D eigenvalue weighted by molar-refractivity contribution is 7.88. The molecule has 0 aliphatic carbocycles. The van der Waals surface area contributed by atoms with Crippen LogP contribution in [0.2, 0.25) is 0 Å². The normalized spacial score (nSPS) is 12.8. The topological polar surface area (TPSA) is 79.4 Å². The fourth-order valence-electron chi connectivity index (χ4n) is 2.34. The number of carbonyl (C=O) groups excluding carboxylic acids is 1. The van der Waals surface area contributed by atoms with Gasteiger partial charge in [0.1, 0.15) is 0 Å². The molecule has 1 heterocycles. The Labute approximate surface area is 142 Å². The first-order chi connectivity index (χ1) is 11.4. The van der Waals surface area contributed by atoms with Crippen LogP contribution in [0.25, 0.3) is 0 Å². The van der Waals surface area contributed by atoms with Gasteiger partial charge in [0.15, 0.2) is 0 Å². The van der Waals surface area contributed by atoms with E-state index in [0.717, 1.165) is 17.4 Å². The lowest BCUT2D eigenvalue weighted by Gasteiger charge is -2.26. The summed E-state index contributed by atoms with van der Waals surface area (Å²) >= 11 is 0. The van der Waals surface area contributed by atoms with E-state index in [1.165, 1.54) is 4.31 Å². The van der Waals surface area contributed by atoms with Crippen molar-refractivity contribution < 1.29 is 13.2 Å². The minimum absolute atomic E-state index is 0.227.